The zero-order valence-corrected chi connectivity index (χ0v) is 13.5. The van der Waals surface area contributed by atoms with Crippen molar-refractivity contribution in [2.24, 2.45) is 0 Å². The molecule has 2 saturated heterocycles. The number of ether oxygens (including phenoxy) is 1. The first-order valence-corrected chi connectivity index (χ1v) is 8.30. The normalized spacial score (nSPS) is 24.9. The first kappa shape index (κ1) is 14.6. The number of para-hydroxylation sites is 1. The number of fused-ring (bicyclic) bond motifs is 3. The van der Waals surface area contributed by atoms with Gasteiger partial charge in [0, 0.05) is 24.0 Å². The molecule has 2 unspecified atom stereocenters. The van der Waals surface area contributed by atoms with Crippen LogP contribution < -0.4 is 5.32 Å². The Labute approximate surface area is 135 Å². The topological polar surface area (TPSA) is 54.7 Å². The fourth-order valence-corrected chi connectivity index (χ4v) is 3.73. The van der Waals surface area contributed by atoms with E-state index in [0.29, 0.717) is 13.1 Å². The van der Waals surface area contributed by atoms with Gasteiger partial charge in [-0.2, -0.15) is 0 Å². The van der Waals surface area contributed by atoms with Gasteiger partial charge in [0.2, 0.25) is 0 Å². The van der Waals surface area contributed by atoms with Gasteiger partial charge in [-0.15, -0.1) is 0 Å². The van der Waals surface area contributed by atoms with Crippen molar-refractivity contribution in [2.75, 3.05) is 13.1 Å². The number of morpholine rings is 1. The first-order valence-electron chi connectivity index (χ1n) is 8.30. The van der Waals surface area contributed by atoms with E-state index in [1.165, 1.54) is 0 Å². The predicted molar refractivity (Wildman–Crippen MR) is 87.4 cm³/mol. The Balaban J connectivity index is 1.49. The summed E-state index contributed by atoms with van der Waals surface area (Å²) in [5, 5.41) is 4.18. The smallest absolute Gasteiger partial charge is 0.318 e. The number of hydrogen-bond donors (Lipinski definition) is 1. The molecule has 1 aromatic carbocycles. The number of carbonyl (C=O) groups excluding carboxylic acids is 1. The van der Waals surface area contributed by atoms with Crippen LogP contribution >= 0.6 is 0 Å². The van der Waals surface area contributed by atoms with Gasteiger partial charge in [0.1, 0.15) is 11.3 Å². The molecule has 0 radical (unpaired) electrons. The number of carbonyl (C=O) groups is 1. The maximum Gasteiger partial charge on any atom is 0.318 e. The lowest BCUT2D eigenvalue weighted by atomic mass is 10.1. The minimum absolute atomic E-state index is 0.0300. The average Bonchev–Trinajstić information content (AvgIpc) is 3.07. The lowest BCUT2D eigenvalue weighted by molar-refractivity contribution is -0.0241. The Morgan fingerprint density at radius 1 is 1.26 bits per heavy atom. The third-order valence-electron chi connectivity index (χ3n) is 4.94. The van der Waals surface area contributed by atoms with Crippen molar-refractivity contribution >= 4 is 17.0 Å². The number of nitrogens with zero attached hydrogens (tertiary/aromatic N) is 1. The van der Waals surface area contributed by atoms with E-state index in [-0.39, 0.29) is 24.3 Å². The molecule has 2 bridgehead atoms. The monoisotopic (exact) mass is 314 g/mol. The van der Waals surface area contributed by atoms with Crippen LogP contribution in [-0.2, 0) is 4.74 Å². The SMILES string of the molecule is Cc1c([C@H](C)NC(=O)N2CC3CCC(C2)O3)oc2ccccc12. The number of rotatable bonds is 2. The van der Waals surface area contributed by atoms with Crippen molar-refractivity contribution in [3.05, 3.63) is 35.6 Å². The number of nitrogens with one attached hydrogen (secondary N) is 1. The van der Waals surface area contributed by atoms with Gasteiger partial charge in [0.15, 0.2) is 0 Å². The van der Waals surface area contributed by atoms with Crippen LogP contribution in [0.25, 0.3) is 11.0 Å². The molecule has 0 spiro atoms. The highest BCUT2D eigenvalue weighted by atomic mass is 16.5. The molecule has 5 heteroatoms. The number of amides is 2. The van der Waals surface area contributed by atoms with Crippen LogP contribution in [-0.4, -0.2) is 36.2 Å². The summed E-state index contributed by atoms with van der Waals surface area (Å²) in [6, 6.07) is 7.78. The Kier molecular flexibility index (Phi) is 3.53. The lowest BCUT2D eigenvalue weighted by Crippen LogP contribution is -2.50. The number of benzene rings is 1. The summed E-state index contributed by atoms with van der Waals surface area (Å²) >= 11 is 0. The van der Waals surface area contributed by atoms with Crippen LogP contribution in [0.15, 0.2) is 28.7 Å². The molecule has 5 nitrogen and oxygen atoms in total. The van der Waals surface area contributed by atoms with Gasteiger partial charge < -0.3 is 19.4 Å². The molecular weight excluding hydrogens is 292 g/mol. The second kappa shape index (κ2) is 5.57. The summed E-state index contributed by atoms with van der Waals surface area (Å²) in [5.41, 5.74) is 1.96. The Morgan fingerprint density at radius 3 is 2.65 bits per heavy atom. The third kappa shape index (κ3) is 2.59. The second-order valence-corrected chi connectivity index (χ2v) is 6.62. The molecule has 1 aromatic heterocycles. The summed E-state index contributed by atoms with van der Waals surface area (Å²) in [5.74, 6) is 0.829. The third-order valence-corrected chi connectivity index (χ3v) is 4.94. The molecular formula is C18H22N2O3. The van der Waals surface area contributed by atoms with E-state index in [4.69, 9.17) is 9.15 Å². The van der Waals surface area contributed by atoms with Crippen molar-refractivity contribution in [3.63, 3.8) is 0 Å². The molecule has 3 atom stereocenters. The quantitative estimate of drug-likeness (QED) is 0.924. The van der Waals surface area contributed by atoms with Crippen LogP contribution in [0, 0.1) is 6.92 Å². The minimum atomic E-state index is -0.157. The van der Waals surface area contributed by atoms with Crippen molar-refractivity contribution in [3.8, 4) is 0 Å². The van der Waals surface area contributed by atoms with E-state index in [9.17, 15) is 4.79 Å². The molecule has 0 saturated carbocycles. The van der Waals surface area contributed by atoms with Crippen LogP contribution in [0.4, 0.5) is 4.79 Å². The molecule has 4 rings (SSSR count). The standard InChI is InChI=1S/C18H22N2O3/c1-11-15-5-3-4-6-16(15)23-17(11)12(2)19-18(21)20-9-13-7-8-14(10-20)22-13/h3-6,12-14H,7-10H2,1-2H3,(H,19,21)/t12-,13?,14?/m0/s1. The molecule has 2 amide bonds. The molecule has 3 heterocycles. The maximum atomic E-state index is 12.5. The summed E-state index contributed by atoms with van der Waals surface area (Å²) < 4.78 is 11.7. The number of likely N-dealkylation sites (tertiary alicyclic amines) is 1. The molecule has 0 aliphatic carbocycles. The van der Waals surface area contributed by atoms with E-state index >= 15 is 0 Å². The van der Waals surface area contributed by atoms with Crippen LogP contribution in [0.5, 0.6) is 0 Å². The summed E-state index contributed by atoms with van der Waals surface area (Å²) in [6.07, 6.45) is 2.55. The zero-order chi connectivity index (χ0) is 16.0. The van der Waals surface area contributed by atoms with E-state index < -0.39 is 0 Å². The Bertz CT molecular complexity index is 727. The number of urea groups is 1. The zero-order valence-electron chi connectivity index (χ0n) is 13.5. The van der Waals surface area contributed by atoms with E-state index in [0.717, 1.165) is 35.1 Å². The summed E-state index contributed by atoms with van der Waals surface area (Å²) in [4.78, 5) is 14.4. The fourth-order valence-electron chi connectivity index (χ4n) is 3.73. The van der Waals surface area contributed by atoms with Gasteiger partial charge in [0.25, 0.3) is 0 Å². The van der Waals surface area contributed by atoms with Crippen LogP contribution in [0.2, 0.25) is 0 Å². The molecule has 23 heavy (non-hydrogen) atoms. The fraction of sp³-hybridized carbons (Fsp3) is 0.500. The number of aryl methyl sites for hydroxylation is 1. The van der Waals surface area contributed by atoms with Crippen molar-refractivity contribution < 1.29 is 13.9 Å². The van der Waals surface area contributed by atoms with Crippen molar-refractivity contribution in [2.45, 2.75) is 44.9 Å². The molecule has 2 aliphatic rings. The van der Waals surface area contributed by atoms with Crippen LogP contribution in [0.1, 0.15) is 37.1 Å². The second-order valence-electron chi connectivity index (χ2n) is 6.62. The number of hydrogen-bond acceptors (Lipinski definition) is 3. The summed E-state index contributed by atoms with van der Waals surface area (Å²) in [6.45, 7) is 5.39. The lowest BCUT2D eigenvalue weighted by Gasteiger charge is -2.32. The van der Waals surface area contributed by atoms with E-state index in [1.54, 1.807) is 0 Å². The number of furan rings is 1. The first-order chi connectivity index (χ1) is 11.1. The average molecular weight is 314 g/mol. The van der Waals surface area contributed by atoms with Crippen molar-refractivity contribution in [1.29, 1.82) is 0 Å². The van der Waals surface area contributed by atoms with Gasteiger partial charge in [-0.3, -0.25) is 0 Å². The highest BCUT2D eigenvalue weighted by Gasteiger charge is 2.36. The maximum absolute atomic E-state index is 12.5. The van der Waals surface area contributed by atoms with E-state index in [1.807, 2.05) is 43.0 Å². The van der Waals surface area contributed by atoms with Gasteiger partial charge >= 0.3 is 6.03 Å². The summed E-state index contributed by atoms with van der Waals surface area (Å²) in [7, 11) is 0. The largest absolute Gasteiger partial charge is 0.459 e. The van der Waals surface area contributed by atoms with Gasteiger partial charge in [-0.05, 0) is 32.8 Å². The van der Waals surface area contributed by atoms with Crippen LogP contribution in [0.3, 0.4) is 0 Å². The molecule has 2 aliphatic heterocycles. The highest BCUT2D eigenvalue weighted by molar-refractivity contribution is 5.82. The Hall–Kier alpha value is -2.01. The molecule has 2 fully saturated rings. The van der Waals surface area contributed by atoms with Gasteiger partial charge in [0.05, 0.1) is 18.2 Å². The Morgan fingerprint density at radius 2 is 1.96 bits per heavy atom. The predicted octanol–water partition coefficient (Wildman–Crippen LogP) is 3.38. The molecule has 1 N–H and O–H groups in total. The molecule has 122 valence electrons. The van der Waals surface area contributed by atoms with Crippen molar-refractivity contribution in [1.82, 2.24) is 10.2 Å². The van der Waals surface area contributed by atoms with Gasteiger partial charge in [-0.25, -0.2) is 4.79 Å². The molecule has 2 aromatic rings. The van der Waals surface area contributed by atoms with Gasteiger partial charge in [-0.1, -0.05) is 18.2 Å². The minimum Gasteiger partial charge on any atom is -0.459 e. The van der Waals surface area contributed by atoms with E-state index in [2.05, 4.69) is 5.32 Å². The highest BCUT2D eigenvalue weighted by Crippen LogP contribution is 2.30.